The molecule has 1 aliphatic heterocycles. The third-order valence-corrected chi connectivity index (χ3v) is 8.04. The second-order valence-electron chi connectivity index (χ2n) is 8.77. The van der Waals surface area contributed by atoms with Crippen LogP contribution in [0.1, 0.15) is 43.7 Å². The van der Waals surface area contributed by atoms with Gasteiger partial charge in [-0.2, -0.15) is 0 Å². The van der Waals surface area contributed by atoms with Crippen LogP contribution < -0.4 is 0 Å². The highest BCUT2D eigenvalue weighted by molar-refractivity contribution is 7.10. The number of fused-ring (bicyclic) bond motifs is 2. The molecule has 0 unspecified atom stereocenters. The van der Waals surface area contributed by atoms with Crippen molar-refractivity contribution in [2.24, 2.45) is 11.3 Å². The first kappa shape index (κ1) is 18.8. The number of aromatic nitrogens is 2. The van der Waals surface area contributed by atoms with Gasteiger partial charge in [0.05, 0.1) is 23.3 Å². The maximum Gasteiger partial charge on any atom is 0.123 e. The van der Waals surface area contributed by atoms with Gasteiger partial charge in [0.25, 0.3) is 0 Å². The first-order valence-corrected chi connectivity index (χ1v) is 11.1. The Labute approximate surface area is 174 Å². The van der Waals surface area contributed by atoms with E-state index in [-0.39, 0.29) is 17.2 Å². The number of halogens is 1. The number of rotatable bonds is 3. The normalized spacial score (nSPS) is 25.7. The minimum Gasteiger partial charge on any atom is -0.384 e. The topological polar surface area (TPSA) is 38.0 Å². The maximum atomic E-state index is 13.4. The summed E-state index contributed by atoms with van der Waals surface area (Å²) in [5.74, 6) is -0.0999. The lowest BCUT2D eigenvalue weighted by Gasteiger charge is -2.51. The lowest BCUT2D eigenvalue weighted by molar-refractivity contribution is -0.0687. The monoisotopic (exact) mass is 408 g/mol. The number of hydrogen-bond acceptors (Lipinski definition) is 3. The van der Waals surface area contributed by atoms with Gasteiger partial charge < -0.3 is 9.67 Å². The largest absolute Gasteiger partial charge is 0.384 e. The van der Waals surface area contributed by atoms with Crippen LogP contribution >= 0.6 is 11.3 Å². The molecular weight excluding hydrogens is 383 g/mol. The molecular formula is C24H25FN2OS. The molecule has 29 heavy (non-hydrogen) atoms. The van der Waals surface area contributed by atoms with Gasteiger partial charge >= 0.3 is 0 Å². The summed E-state index contributed by atoms with van der Waals surface area (Å²) in [5.41, 5.74) is 3.31. The standard InChI is InChI=1S/C24H25FN2OS/c1-23-14-27-15-26-22(16-8-10-18(25)11-9-16)19(27)13-17(23)5-3-6-20(23)24(2,28)21-7-4-12-29-21/h4,7-13,15,20,28H,3,5-6,14H2,1-2H3/t20-,23-,24-/m0/s1. The molecule has 1 saturated carbocycles. The highest BCUT2D eigenvalue weighted by Gasteiger charge is 2.51. The van der Waals surface area contributed by atoms with E-state index in [2.05, 4.69) is 22.6 Å². The van der Waals surface area contributed by atoms with Crippen molar-refractivity contribution in [2.75, 3.05) is 0 Å². The van der Waals surface area contributed by atoms with Crippen LogP contribution in [0.5, 0.6) is 0 Å². The van der Waals surface area contributed by atoms with Crippen molar-refractivity contribution in [3.63, 3.8) is 0 Å². The zero-order chi connectivity index (χ0) is 20.2. The van der Waals surface area contributed by atoms with E-state index in [0.29, 0.717) is 0 Å². The van der Waals surface area contributed by atoms with E-state index < -0.39 is 5.60 Å². The average molecular weight is 409 g/mol. The van der Waals surface area contributed by atoms with Gasteiger partial charge in [0.2, 0.25) is 0 Å². The summed E-state index contributed by atoms with van der Waals surface area (Å²) in [7, 11) is 0. The van der Waals surface area contributed by atoms with Crippen LogP contribution in [0, 0.1) is 17.2 Å². The molecule has 5 heteroatoms. The van der Waals surface area contributed by atoms with Crippen LogP contribution in [0.15, 0.2) is 53.7 Å². The third kappa shape index (κ3) is 2.90. The minimum absolute atomic E-state index is 0.125. The van der Waals surface area contributed by atoms with E-state index in [9.17, 15) is 9.50 Å². The van der Waals surface area contributed by atoms with Crippen LogP contribution in [-0.2, 0) is 12.1 Å². The number of aliphatic hydroxyl groups is 1. The fourth-order valence-corrected chi connectivity index (χ4v) is 6.27. The number of imidazole rings is 1. The number of allylic oxidation sites excluding steroid dienone is 1. The zero-order valence-electron chi connectivity index (χ0n) is 16.7. The molecule has 0 radical (unpaired) electrons. The molecule has 3 heterocycles. The van der Waals surface area contributed by atoms with Crippen molar-refractivity contribution < 1.29 is 9.50 Å². The second-order valence-corrected chi connectivity index (χ2v) is 9.72. The van der Waals surface area contributed by atoms with Gasteiger partial charge in [0.1, 0.15) is 5.82 Å². The summed E-state index contributed by atoms with van der Waals surface area (Å²) in [6, 6.07) is 10.6. The molecule has 0 spiro atoms. The number of nitrogens with zero attached hydrogens (tertiary/aromatic N) is 2. The molecule has 0 bridgehead atoms. The Balaban J connectivity index is 1.56. The van der Waals surface area contributed by atoms with E-state index in [1.807, 2.05) is 30.8 Å². The molecule has 2 aromatic heterocycles. The molecule has 3 nitrogen and oxygen atoms in total. The SMILES string of the molecule is C[C@]12Cn3cnc(-c4ccc(F)cc4)c3C=C1CCC[C@@H]2[C@](C)(O)c1cccs1. The third-order valence-electron chi connectivity index (χ3n) is 6.95. The van der Waals surface area contributed by atoms with Crippen molar-refractivity contribution >= 4 is 17.4 Å². The van der Waals surface area contributed by atoms with Gasteiger partial charge in [0.15, 0.2) is 0 Å². The van der Waals surface area contributed by atoms with Gasteiger partial charge in [0, 0.05) is 28.3 Å². The van der Waals surface area contributed by atoms with Crippen LogP contribution in [0.3, 0.4) is 0 Å². The Morgan fingerprint density at radius 3 is 2.79 bits per heavy atom. The van der Waals surface area contributed by atoms with E-state index in [0.717, 1.165) is 47.6 Å². The quantitative estimate of drug-likeness (QED) is 0.589. The fourth-order valence-electron chi connectivity index (χ4n) is 5.43. The molecule has 5 rings (SSSR count). The summed E-state index contributed by atoms with van der Waals surface area (Å²) in [5, 5.41) is 13.6. The molecule has 1 aromatic carbocycles. The first-order valence-electron chi connectivity index (χ1n) is 10.2. The smallest absolute Gasteiger partial charge is 0.123 e. The molecule has 1 aliphatic carbocycles. The Hall–Kier alpha value is -2.24. The number of hydrogen-bond donors (Lipinski definition) is 1. The molecule has 1 fully saturated rings. The Kier molecular flexibility index (Phi) is 4.30. The highest BCUT2D eigenvalue weighted by Crippen LogP contribution is 2.56. The lowest BCUT2D eigenvalue weighted by Crippen LogP contribution is -2.48. The summed E-state index contributed by atoms with van der Waals surface area (Å²) in [6.45, 7) is 5.07. The van der Waals surface area contributed by atoms with E-state index in [4.69, 9.17) is 0 Å². The molecule has 3 atom stereocenters. The van der Waals surface area contributed by atoms with Crippen molar-refractivity contribution in [3.05, 3.63) is 70.1 Å². The van der Waals surface area contributed by atoms with E-state index in [1.165, 1.54) is 17.7 Å². The van der Waals surface area contributed by atoms with Crippen molar-refractivity contribution in [3.8, 4) is 11.3 Å². The minimum atomic E-state index is -0.861. The van der Waals surface area contributed by atoms with Gasteiger partial charge in [-0.15, -0.1) is 11.3 Å². The lowest BCUT2D eigenvalue weighted by atomic mass is 9.58. The molecule has 0 saturated heterocycles. The van der Waals surface area contributed by atoms with Crippen molar-refractivity contribution in [1.82, 2.24) is 9.55 Å². The number of thiophene rings is 1. The summed E-state index contributed by atoms with van der Waals surface area (Å²) >= 11 is 1.63. The Bertz CT molecular complexity index is 1070. The average Bonchev–Trinajstić information content (AvgIpc) is 3.36. The summed E-state index contributed by atoms with van der Waals surface area (Å²) in [4.78, 5) is 5.69. The fraction of sp³-hybridized carbons (Fsp3) is 0.375. The van der Waals surface area contributed by atoms with E-state index >= 15 is 0 Å². The molecule has 3 aromatic rings. The van der Waals surface area contributed by atoms with Gasteiger partial charge in [-0.3, -0.25) is 0 Å². The molecule has 1 N–H and O–H groups in total. The first-order chi connectivity index (χ1) is 13.9. The summed E-state index contributed by atoms with van der Waals surface area (Å²) in [6.07, 6.45) is 7.28. The number of benzene rings is 1. The molecule has 150 valence electrons. The van der Waals surface area contributed by atoms with E-state index in [1.54, 1.807) is 23.5 Å². The van der Waals surface area contributed by atoms with Crippen molar-refractivity contribution in [1.29, 1.82) is 0 Å². The van der Waals surface area contributed by atoms with Crippen LogP contribution in [0.4, 0.5) is 4.39 Å². The van der Waals surface area contributed by atoms with Crippen LogP contribution in [0.2, 0.25) is 0 Å². The zero-order valence-corrected chi connectivity index (χ0v) is 17.5. The molecule has 2 aliphatic rings. The maximum absolute atomic E-state index is 13.4. The van der Waals surface area contributed by atoms with Crippen LogP contribution in [-0.4, -0.2) is 14.7 Å². The van der Waals surface area contributed by atoms with Gasteiger partial charge in [-0.25, -0.2) is 9.37 Å². The van der Waals surface area contributed by atoms with Gasteiger partial charge in [-0.1, -0.05) is 18.6 Å². The van der Waals surface area contributed by atoms with Gasteiger partial charge in [-0.05, 0) is 68.0 Å². The van der Waals surface area contributed by atoms with Crippen molar-refractivity contribution in [2.45, 2.75) is 45.3 Å². The Morgan fingerprint density at radius 2 is 2.07 bits per heavy atom. The molecule has 0 amide bonds. The highest BCUT2D eigenvalue weighted by atomic mass is 32.1. The van der Waals surface area contributed by atoms with Crippen LogP contribution in [0.25, 0.3) is 17.3 Å². The predicted molar refractivity (Wildman–Crippen MR) is 115 cm³/mol. The predicted octanol–water partition coefficient (Wildman–Crippen LogP) is 5.86. The summed E-state index contributed by atoms with van der Waals surface area (Å²) < 4.78 is 15.5. The second kappa shape index (κ2) is 6.64. The Morgan fingerprint density at radius 1 is 1.28 bits per heavy atom.